The SMILES string of the molecule is COc1ccc(C)cc1NC(=O)C1CCCN(S(=O)(=O)c2ccc(F)cc2)C1. The van der Waals surface area contributed by atoms with Crippen molar-refractivity contribution in [2.24, 2.45) is 5.92 Å². The van der Waals surface area contributed by atoms with Gasteiger partial charge in [-0.2, -0.15) is 4.31 Å². The third-order valence-corrected chi connectivity index (χ3v) is 6.70. The van der Waals surface area contributed by atoms with Crippen LogP contribution < -0.4 is 10.1 Å². The molecule has 1 heterocycles. The lowest BCUT2D eigenvalue weighted by molar-refractivity contribution is -0.120. The molecule has 28 heavy (non-hydrogen) atoms. The van der Waals surface area contributed by atoms with Gasteiger partial charge in [0.1, 0.15) is 11.6 Å². The van der Waals surface area contributed by atoms with E-state index in [-0.39, 0.29) is 17.3 Å². The number of benzene rings is 2. The highest BCUT2D eigenvalue weighted by atomic mass is 32.2. The van der Waals surface area contributed by atoms with Gasteiger partial charge in [0.25, 0.3) is 0 Å². The van der Waals surface area contributed by atoms with Gasteiger partial charge in [-0.15, -0.1) is 0 Å². The summed E-state index contributed by atoms with van der Waals surface area (Å²) < 4.78 is 45.3. The van der Waals surface area contributed by atoms with Crippen molar-refractivity contribution < 1.29 is 22.3 Å². The van der Waals surface area contributed by atoms with Gasteiger partial charge in [-0.1, -0.05) is 6.07 Å². The number of carbonyl (C=O) groups excluding carboxylic acids is 1. The number of aryl methyl sites for hydroxylation is 1. The van der Waals surface area contributed by atoms with E-state index in [1.807, 2.05) is 19.1 Å². The van der Waals surface area contributed by atoms with Gasteiger partial charge in [-0.25, -0.2) is 12.8 Å². The third kappa shape index (κ3) is 4.34. The highest BCUT2D eigenvalue weighted by Gasteiger charge is 2.33. The molecule has 2 aromatic carbocycles. The highest BCUT2D eigenvalue weighted by molar-refractivity contribution is 7.89. The van der Waals surface area contributed by atoms with Crippen molar-refractivity contribution in [2.45, 2.75) is 24.7 Å². The van der Waals surface area contributed by atoms with E-state index < -0.39 is 21.8 Å². The Balaban J connectivity index is 1.75. The van der Waals surface area contributed by atoms with Gasteiger partial charge in [-0.3, -0.25) is 4.79 Å². The molecular weight excluding hydrogens is 383 g/mol. The van der Waals surface area contributed by atoms with Crippen LogP contribution in [-0.4, -0.2) is 38.8 Å². The van der Waals surface area contributed by atoms with Crippen LogP contribution in [0.25, 0.3) is 0 Å². The second-order valence-electron chi connectivity index (χ2n) is 6.85. The number of methoxy groups -OCH3 is 1. The number of piperidine rings is 1. The summed E-state index contributed by atoms with van der Waals surface area (Å²) in [6.45, 7) is 2.32. The molecule has 1 amide bonds. The largest absolute Gasteiger partial charge is 0.495 e. The molecule has 1 fully saturated rings. The first-order valence-corrected chi connectivity index (χ1v) is 10.5. The van der Waals surface area contributed by atoms with Gasteiger partial charge in [0.2, 0.25) is 15.9 Å². The summed E-state index contributed by atoms with van der Waals surface area (Å²) in [5, 5.41) is 2.86. The summed E-state index contributed by atoms with van der Waals surface area (Å²) in [5.41, 5.74) is 1.53. The zero-order valence-electron chi connectivity index (χ0n) is 15.8. The maximum atomic E-state index is 13.1. The predicted molar refractivity (Wildman–Crippen MR) is 104 cm³/mol. The normalized spacial score (nSPS) is 17.9. The van der Waals surface area contributed by atoms with Crippen LogP contribution in [0.3, 0.4) is 0 Å². The Bertz CT molecular complexity index is 961. The predicted octanol–water partition coefficient (Wildman–Crippen LogP) is 3.18. The quantitative estimate of drug-likeness (QED) is 0.828. The minimum Gasteiger partial charge on any atom is -0.495 e. The molecule has 1 N–H and O–H groups in total. The third-order valence-electron chi connectivity index (χ3n) is 4.82. The number of carbonyl (C=O) groups is 1. The summed E-state index contributed by atoms with van der Waals surface area (Å²) in [6.07, 6.45) is 1.17. The van der Waals surface area contributed by atoms with Crippen molar-refractivity contribution in [3.8, 4) is 5.75 Å². The van der Waals surface area contributed by atoms with E-state index in [4.69, 9.17) is 4.74 Å². The van der Waals surface area contributed by atoms with Gasteiger partial charge in [0, 0.05) is 13.1 Å². The molecule has 150 valence electrons. The molecule has 0 aliphatic carbocycles. The van der Waals surface area contributed by atoms with Crippen LogP contribution in [0.5, 0.6) is 5.75 Å². The number of ether oxygens (including phenoxy) is 1. The molecule has 3 rings (SSSR count). The summed E-state index contributed by atoms with van der Waals surface area (Å²) in [5.74, 6) is -0.676. The fourth-order valence-corrected chi connectivity index (χ4v) is 4.81. The Morgan fingerprint density at radius 2 is 1.93 bits per heavy atom. The Morgan fingerprint density at radius 1 is 1.21 bits per heavy atom. The number of rotatable bonds is 5. The van der Waals surface area contributed by atoms with Crippen molar-refractivity contribution in [1.82, 2.24) is 4.31 Å². The average Bonchev–Trinajstić information content (AvgIpc) is 2.68. The molecule has 0 aromatic heterocycles. The van der Waals surface area contributed by atoms with Gasteiger partial charge in [0.05, 0.1) is 23.6 Å². The van der Waals surface area contributed by atoms with Crippen LogP contribution in [0.4, 0.5) is 10.1 Å². The molecule has 1 unspecified atom stereocenters. The molecule has 1 aliphatic rings. The van der Waals surface area contributed by atoms with E-state index in [9.17, 15) is 17.6 Å². The number of halogens is 1. The van der Waals surface area contributed by atoms with Crippen LogP contribution >= 0.6 is 0 Å². The molecular formula is C20H23FN2O4S. The number of sulfonamides is 1. The topological polar surface area (TPSA) is 75.7 Å². The molecule has 1 aliphatic heterocycles. The number of anilines is 1. The van der Waals surface area contributed by atoms with Crippen LogP contribution in [0.15, 0.2) is 47.4 Å². The fraction of sp³-hybridized carbons (Fsp3) is 0.350. The monoisotopic (exact) mass is 406 g/mol. The molecule has 1 atom stereocenters. The molecule has 1 saturated heterocycles. The molecule has 0 saturated carbocycles. The maximum Gasteiger partial charge on any atom is 0.243 e. The molecule has 0 spiro atoms. The van der Waals surface area contributed by atoms with Crippen LogP contribution in [0.2, 0.25) is 0 Å². The zero-order valence-corrected chi connectivity index (χ0v) is 16.6. The van der Waals surface area contributed by atoms with Gasteiger partial charge in [-0.05, 0) is 61.7 Å². The summed E-state index contributed by atoms with van der Waals surface area (Å²) in [4.78, 5) is 12.8. The molecule has 0 radical (unpaired) electrons. The lowest BCUT2D eigenvalue weighted by Gasteiger charge is -2.31. The number of hydrogen-bond donors (Lipinski definition) is 1. The smallest absolute Gasteiger partial charge is 0.243 e. The zero-order chi connectivity index (χ0) is 20.3. The number of nitrogens with zero attached hydrogens (tertiary/aromatic N) is 1. The van der Waals surface area contributed by atoms with Crippen molar-refractivity contribution in [3.05, 3.63) is 53.8 Å². The Morgan fingerprint density at radius 3 is 2.61 bits per heavy atom. The number of nitrogens with one attached hydrogen (secondary N) is 1. The molecule has 0 bridgehead atoms. The maximum absolute atomic E-state index is 13.1. The van der Waals surface area contributed by atoms with E-state index in [2.05, 4.69) is 5.32 Å². The van der Waals surface area contributed by atoms with E-state index in [1.54, 1.807) is 6.07 Å². The van der Waals surface area contributed by atoms with E-state index in [1.165, 1.54) is 23.5 Å². The van der Waals surface area contributed by atoms with E-state index >= 15 is 0 Å². The highest BCUT2D eigenvalue weighted by Crippen LogP contribution is 2.28. The minimum absolute atomic E-state index is 0.0234. The van der Waals surface area contributed by atoms with Crippen molar-refractivity contribution in [3.63, 3.8) is 0 Å². The summed E-state index contributed by atoms with van der Waals surface area (Å²) in [7, 11) is -2.25. The van der Waals surface area contributed by atoms with E-state index in [0.29, 0.717) is 30.8 Å². The lowest BCUT2D eigenvalue weighted by atomic mass is 9.98. The first-order valence-electron chi connectivity index (χ1n) is 9.02. The van der Waals surface area contributed by atoms with Crippen molar-refractivity contribution in [2.75, 3.05) is 25.5 Å². The Labute approximate surface area is 164 Å². The molecule has 8 heteroatoms. The molecule has 2 aromatic rings. The molecule has 6 nitrogen and oxygen atoms in total. The summed E-state index contributed by atoms with van der Waals surface area (Å²) in [6, 6.07) is 10.2. The van der Waals surface area contributed by atoms with Crippen LogP contribution in [0.1, 0.15) is 18.4 Å². The van der Waals surface area contributed by atoms with Crippen molar-refractivity contribution in [1.29, 1.82) is 0 Å². The Kier molecular flexibility index (Phi) is 6.00. The average molecular weight is 406 g/mol. The summed E-state index contributed by atoms with van der Waals surface area (Å²) >= 11 is 0. The van der Waals surface area contributed by atoms with E-state index in [0.717, 1.165) is 17.7 Å². The van der Waals surface area contributed by atoms with Crippen LogP contribution in [-0.2, 0) is 14.8 Å². The second kappa shape index (κ2) is 8.28. The Hall–Kier alpha value is -2.45. The number of amides is 1. The lowest BCUT2D eigenvalue weighted by Crippen LogP contribution is -2.43. The van der Waals surface area contributed by atoms with Gasteiger partial charge < -0.3 is 10.1 Å². The van der Waals surface area contributed by atoms with Crippen molar-refractivity contribution >= 4 is 21.6 Å². The van der Waals surface area contributed by atoms with Crippen LogP contribution in [0, 0.1) is 18.7 Å². The second-order valence-corrected chi connectivity index (χ2v) is 8.79. The minimum atomic E-state index is -3.78. The van der Waals surface area contributed by atoms with Gasteiger partial charge >= 0.3 is 0 Å². The fourth-order valence-electron chi connectivity index (χ4n) is 3.28. The first kappa shape index (κ1) is 20.3. The standard InChI is InChI=1S/C20H23FN2O4S/c1-14-5-10-19(27-2)18(12-14)22-20(24)15-4-3-11-23(13-15)28(25,26)17-8-6-16(21)7-9-17/h5-10,12,15H,3-4,11,13H2,1-2H3,(H,22,24). The first-order chi connectivity index (χ1) is 13.3. The number of hydrogen-bond acceptors (Lipinski definition) is 4. The van der Waals surface area contributed by atoms with Gasteiger partial charge in [0.15, 0.2) is 0 Å².